The van der Waals surface area contributed by atoms with Gasteiger partial charge in [0.25, 0.3) is 0 Å². The van der Waals surface area contributed by atoms with Crippen LogP contribution in [0, 0.1) is 0 Å². The van der Waals surface area contributed by atoms with E-state index in [-0.39, 0.29) is 0 Å². The molecule has 112 valence electrons. The molecule has 0 saturated carbocycles. The largest absolute Gasteiger partial charge is 0.317 e. The van der Waals surface area contributed by atoms with Gasteiger partial charge in [0, 0.05) is 23.7 Å². The Labute approximate surface area is 131 Å². The first-order valence-corrected chi connectivity index (χ1v) is 8.69. The van der Waals surface area contributed by atoms with E-state index in [4.69, 9.17) is 4.98 Å². The fourth-order valence-corrected chi connectivity index (χ4v) is 3.95. The molecule has 1 N–H and O–H groups in total. The van der Waals surface area contributed by atoms with Gasteiger partial charge in [-0.25, -0.2) is 4.98 Å². The van der Waals surface area contributed by atoms with E-state index >= 15 is 0 Å². The zero-order valence-corrected chi connectivity index (χ0v) is 13.7. The lowest BCUT2D eigenvalue weighted by Gasteiger charge is -2.15. The molecule has 0 fully saturated rings. The van der Waals surface area contributed by atoms with Gasteiger partial charge in [0.15, 0.2) is 5.13 Å². The van der Waals surface area contributed by atoms with Crippen LogP contribution in [-0.2, 0) is 19.4 Å². The Kier molecular flexibility index (Phi) is 4.56. The summed E-state index contributed by atoms with van der Waals surface area (Å²) in [5, 5.41) is 4.60. The number of thiazole rings is 1. The van der Waals surface area contributed by atoms with E-state index in [9.17, 15) is 0 Å². The quantitative estimate of drug-likeness (QED) is 0.877. The molecule has 2 aromatic rings. The Hall–Kier alpha value is -1.39. The maximum absolute atomic E-state index is 4.94. The molecule has 0 radical (unpaired) electrons. The van der Waals surface area contributed by atoms with Gasteiger partial charge in [0.2, 0.25) is 0 Å². The van der Waals surface area contributed by atoms with Crippen LogP contribution in [0.25, 0.3) is 0 Å². The fraction of sp³-hybridized carbons (Fsp3) is 0.471. The zero-order valence-electron chi connectivity index (χ0n) is 12.9. The van der Waals surface area contributed by atoms with Crippen molar-refractivity contribution in [1.29, 1.82) is 0 Å². The first-order chi connectivity index (χ1) is 10.3. The summed E-state index contributed by atoms with van der Waals surface area (Å²) in [6.45, 7) is 7.38. The van der Waals surface area contributed by atoms with E-state index < -0.39 is 0 Å². The lowest BCUT2D eigenvalue weighted by atomic mass is 10.2. The van der Waals surface area contributed by atoms with Crippen molar-refractivity contribution in [2.24, 2.45) is 0 Å². The van der Waals surface area contributed by atoms with E-state index in [1.807, 2.05) is 11.3 Å². The van der Waals surface area contributed by atoms with Gasteiger partial charge < -0.3 is 10.2 Å². The summed E-state index contributed by atoms with van der Waals surface area (Å²) in [7, 11) is 0. The molecule has 0 unspecified atom stereocenters. The predicted octanol–water partition coefficient (Wildman–Crippen LogP) is 3.90. The number of aromatic nitrogens is 1. The average Bonchev–Trinajstić information content (AvgIpc) is 3.09. The van der Waals surface area contributed by atoms with Crippen molar-refractivity contribution in [2.75, 3.05) is 18.0 Å². The van der Waals surface area contributed by atoms with Gasteiger partial charge in [0.05, 0.1) is 5.69 Å². The average molecular weight is 301 g/mol. The molecule has 2 heterocycles. The standard InChI is InChI=1S/C17H23N3S/c1-3-7-14-16(12-18-4-2)21-17(19-14)20-11-10-13-8-5-6-9-15(13)20/h5-6,8-9,18H,3-4,7,10-12H2,1-2H3. The first kappa shape index (κ1) is 14.5. The number of aryl methyl sites for hydroxylation is 1. The Morgan fingerprint density at radius 2 is 2.14 bits per heavy atom. The Morgan fingerprint density at radius 3 is 2.95 bits per heavy atom. The van der Waals surface area contributed by atoms with Crippen LogP contribution in [0.1, 0.15) is 36.4 Å². The Morgan fingerprint density at radius 1 is 1.29 bits per heavy atom. The Bertz CT molecular complexity index is 606. The number of anilines is 2. The van der Waals surface area contributed by atoms with Crippen molar-refractivity contribution < 1.29 is 0 Å². The Balaban J connectivity index is 1.89. The predicted molar refractivity (Wildman–Crippen MR) is 90.6 cm³/mol. The molecule has 0 saturated heterocycles. The zero-order chi connectivity index (χ0) is 14.7. The maximum atomic E-state index is 4.94. The molecule has 0 spiro atoms. The second-order valence-electron chi connectivity index (χ2n) is 5.43. The number of fused-ring (bicyclic) bond motifs is 1. The van der Waals surface area contributed by atoms with E-state index in [1.54, 1.807) is 0 Å². The molecule has 1 aromatic carbocycles. The monoisotopic (exact) mass is 301 g/mol. The summed E-state index contributed by atoms with van der Waals surface area (Å²) >= 11 is 1.85. The van der Waals surface area contributed by atoms with Crippen LogP contribution in [0.15, 0.2) is 24.3 Å². The lowest BCUT2D eigenvalue weighted by molar-refractivity contribution is 0.723. The topological polar surface area (TPSA) is 28.2 Å². The molecule has 3 nitrogen and oxygen atoms in total. The third-order valence-corrected chi connectivity index (χ3v) is 5.03. The molecule has 1 aromatic heterocycles. The van der Waals surface area contributed by atoms with Gasteiger partial charge in [-0.15, -0.1) is 0 Å². The van der Waals surface area contributed by atoms with Gasteiger partial charge in [-0.2, -0.15) is 0 Å². The van der Waals surface area contributed by atoms with E-state index in [0.717, 1.165) is 44.0 Å². The minimum Gasteiger partial charge on any atom is -0.317 e. The van der Waals surface area contributed by atoms with Crippen LogP contribution in [-0.4, -0.2) is 18.1 Å². The second kappa shape index (κ2) is 6.58. The summed E-state index contributed by atoms with van der Waals surface area (Å²) < 4.78 is 0. The molecular weight excluding hydrogens is 278 g/mol. The summed E-state index contributed by atoms with van der Waals surface area (Å²) in [6, 6.07) is 8.70. The molecule has 0 aliphatic carbocycles. The summed E-state index contributed by atoms with van der Waals surface area (Å²) in [4.78, 5) is 8.72. The van der Waals surface area contributed by atoms with Crippen molar-refractivity contribution >= 4 is 22.2 Å². The molecule has 0 amide bonds. The van der Waals surface area contributed by atoms with Crippen LogP contribution in [0.4, 0.5) is 10.8 Å². The molecule has 0 atom stereocenters. The third kappa shape index (κ3) is 2.97. The molecular formula is C17H23N3S. The number of hydrogen-bond donors (Lipinski definition) is 1. The normalized spacial score (nSPS) is 13.7. The van der Waals surface area contributed by atoms with Gasteiger partial charge in [0.1, 0.15) is 0 Å². The van der Waals surface area contributed by atoms with Gasteiger partial charge in [-0.3, -0.25) is 0 Å². The first-order valence-electron chi connectivity index (χ1n) is 7.88. The SMILES string of the molecule is CCCc1nc(N2CCc3ccccc32)sc1CNCC. The number of nitrogens with one attached hydrogen (secondary N) is 1. The van der Waals surface area contributed by atoms with Crippen LogP contribution in [0.2, 0.25) is 0 Å². The highest BCUT2D eigenvalue weighted by Gasteiger charge is 2.23. The minimum absolute atomic E-state index is 0.943. The molecule has 3 rings (SSSR count). The van der Waals surface area contributed by atoms with Crippen molar-refractivity contribution in [3.8, 4) is 0 Å². The third-order valence-electron chi connectivity index (χ3n) is 3.91. The van der Waals surface area contributed by atoms with Crippen molar-refractivity contribution in [3.05, 3.63) is 40.4 Å². The highest BCUT2D eigenvalue weighted by Crippen LogP contribution is 2.37. The smallest absolute Gasteiger partial charge is 0.190 e. The second-order valence-corrected chi connectivity index (χ2v) is 6.49. The van der Waals surface area contributed by atoms with Gasteiger partial charge in [-0.1, -0.05) is 49.8 Å². The minimum atomic E-state index is 0.943. The fourth-order valence-electron chi connectivity index (χ4n) is 2.83. The molecule has 4 heteroatoms. The number of benzene rings is 1. The van der Waals surface area contributed by atoms with Crippen LogP contribution in [0.3, 0.4) is 0 Å². The van der Waals surface area contributed by atoms with Crippen molar-refractivity contribution in [2.45, 2.75) is 39.7 Å². The number of hydrogen-bond acceptors (Lipinski definition) is 4. The number of nitrogens with zero attached hydrogens (tertiary/aromatic N) is 2. The van der Waals surface area contributed by atoms with Crippen LogP contribution >= 0.6 is 11.3 Å². The van der Waals surface area contributed by atoms with E-state index in [2.05, 4.69) is 48.3 Å². The maximum Gasteiger partial charge on any atom is 0.190 e. The van der Waals surface area contributed by atoms with Crippen molar-refractivity contribution in [1.82, 2.24) is 10.3 Å². The molecule has 1 aliphatic rings. The number of rotatable bonds is 6. The lowest BCUT2D eigenvalue weighted by Crippen LogP contribution is -2.12. The summed E-state index contributed by atoms with van der Waals surface area (Å²) in [5.41, 5.74) is 4.06. The summed E-state index contributed by atoms with van der Waals surface area (Å²) in [6.07, 6.45) is 3.35. The van der Waals surface area contributed by atoms with Gasteiger partial charge in [-0.05, 0) is 31.0 Å². The molecule has 0 bridgehead atoms. The van der Waals surface area contributed by atoms with Crippen molar-refractivity contribution in [3.63, 3.8) is 0 Å². The van der Waals surface area contributed by atoms with Crippen LogP contribution < -0.4 is 10.2 Å². The summed E-state index contributed by atoms with van der Waals surface area (Å²) in [5.74, 6) is 0. The highest BCUT2D eigenvalue weighted by atomic mass is 32.1. The van der Waals surface area contributed by atoms with E-state index in [0.29, 0.717) is 0 Å². The van der Waals surface area contributed by atoms with E-state index in [1.165, 1.54) is 21.8 Å². The molecule has 1 aliphatic heterocycles. The highest BCUT2D eigenvalue weighted by molar-refractivity contribution is 7.15. The number of para-hydroxylation sites is 1. The van der Waals surface area contributed by atoms with Gasteiger partial charge >= 0.3 is 0 Å². The molecule has 21 heavy (non-hydrogen) atoms. The van der Waals surface area contributed by atoms with Crippen LogP contribution in [0.5, 0.6) is 0 Å².